The van der Waals surface area contributed by atoms with Gasteiger partial charge in [0.1, 0.15) is 0 Å². The molecule has 0 radical (unpaired) electrons. The molecule has 0 amide bonds. The first-order chi connectivity index (χ1) is 7.81. The summed E-state index contributed by atoms with van der Waals surface area (Å²) in [4.78, 5) is 18.4. The maximum Gasteiger partial charge on any atom is 0.151 e. The number of aromatic nitrogens is 1. The minimum Gasteiger partial charge on any atom is -0.298 e. The van der Waals surface area contributed by atoms with Crippen molar-refractivity contribution >= 4 is 18.1 Å². The van der Waals surface area contributed by atoms with E-state index in [2.05, 4.69) is 23.1 Å². The Kier molecular flexibility index (Phi) is 7.24. The topological polar surface area (TPSA) is 42.3 Å². The van der Waals surface area contributed by atoms with Crippen molar-refractivity contribution < 1.29 is 4.79 Å². The number of hydrogen-bond donors (Lipinski definition) is 0. The van der Waals surface area contributed by atoms with Gasteiger partial charge in [-0.05, 0) is 18.6 Å². The van der Waals surface area contributed by atoms with Crippen LogP contribution >= 0.6 is 0 Å². The number of nitrogens with zero attached hydrogens (tertiary/aromatic N) is 2. The largest absolute Gasteiger partial charge is 0.298 e. The van der Waals surface area contributed by atoms with E-state index in [1.807, 2.05) is 13.0 Å². The highest BCUT2D eigenvalue weighted by Gasteiger charge is 1.99. The molecule has 0 saturated carbocycles. The molecule has 0 N–H and O–H groups in total. The lowest BCUT2D eigenvalue weighted by molar-refractivity contribution is 0.112. The Hall–Kier alpha value is -2.03. The molecule has 84 valence electrons. The second-order valence-corrected chi connectivity index (χ2v) is 2.76. The van der Waals surface area contributed by atoms with Crippen LogP contribution in [0.3, 0.4) is 0 Å². The Labute approximate surface area is 96.3 Å². The van der Waals surface area contributed by atoms with Gasteiger partial charge in [0.15, 0.2) is 6.29 Å². The highest BCUT2D eigenvalue weighted by atomic mass is 16.1. The van der Waals surface area contributed by atoms with Crippen LogP contribution in [0.5, 0.6) is 0 Å². The van der Waals surface area contributed by atoms with Gasteiger partial charge >= 0.3 is 0 Å². The summed E-state index contributed by atoms with van der Waals surface area (Å²) in [6, 6.07) is 1.79. The van der Waals surface area contributed by atoms with Gasteiger partial charge in [0, 0.05) is 36.8 Å². The first-order valence-corrected chi connectivity index (χ1v) is 4.81. The van der Waals surface area contributed by atoms with Crippen LogP contribution in [-0.4, -0.2) is 24.5 Å². The summed E-state index contributed by atoms with van der Waals surface area (Å²) >= 11 is 0. The molecule has 0 aliphatic carbocycles. The van der Waals surface area contributed by atoms with E-state index in [0.717, 1.165) is 17.4 Å². The molecule has 1 aromatic heterocycles. The fourth-order valence-corrected chi connectivity index (χ4v) is 1.13. The Bertz CT molecular complexity index is 395. The molecule has 0 bridgehead atoms. The molecule has 0 unspecified atom stereocenters. The summed E-state index contributed by atoms with van der Waals surface area (Å²) in [5.74, 6) is 0. The predicted octanol–water partition coefficient (Wildman–Crippen LogP) is 2.80. The first kappa shape index (κ1) is 14.0. The van der Waals surface area contributed by atoms with Crippen LogP contribution in [0.2, 0.25) is 0 Å². The third-order valence-corrected chi connectivity index (χ3v) is 1.81. The number of aldehydes is 1. The van der Waals surface area contributed by atoms with Gasteiger partial charge < -0.3 is 0 Å². The van der Waals surface area contributed by atoms with Crippen LogP contribution in [0, 0.1) is 0 Å². The van der Waals surface area contributed by atoms with Crippen molar-refractivity contribution in [2.24, 2.45) is 4.99 Å². The molecule has 0 fully saturated rings. The van der Waals surface area contributed by atoms with Crippen molar-refractivity contribution in [1.82, 2.24) is 4.98 Å². The number of pyridine rings is 1. The fourth-order valence-electron chi connectivity index (χ4n) is 1.13. The van der Waals surface area contributed by atoms with Crippen LogP contribution in [-0.2, 0) is 0 Å². The zero-order valence-electron chi connectivity index (χ0n) is 9.68. The van der Waals surface area contributed by atoms with Crippen molar-refractivity contribution in [2.45, 2.75) is 6.92 Å². The van der Waals surface area contributed by atoms with Crippen molar-refractivity contribution in [3.8, 4) is 0 Å². The lowest BCUT2D eigenvalue weighted by Crippen LogP contribution is -1.90. The first-order valence-electron chi connectivity index (χ1n) is 4.81. The molecule has 1 heterocycles. The molecule has 0 aliphatic rings. The van der Waals surface area contributed by atoms with Crippen molar-refractivity contribution in [1.29, 1.82) is 0 Å². The van der Waals surface area contributed by atoms with Gasteiger partial charge in [0.25, 0.3) is 0 Å². The summed E-state index contributed by atoms with van der Waals surface area (Å²) in [7, 11) is 1.71. The summed E-state index contributed by atoms with van der Waals surface area (Å²) in [6.07, 6.45) is 7.70. The molecule has 0 aliphatic heterocycles. The van der Waals surface area contributed by atoms with Gasteiger partial charge in [-0.25, -0.2) is 0 Å². The van der Waals surface area contributed by atoms with E-state index < -0.39 is 0 Å². The number of rotatable bonds is 3. The number of allylic oxidation sites excluding steroid dienone is 2. The van der Waals surface area contributed by atoms with Gasteiger partial charge in [-0.1, -0.05) is 6.08 Å². The zero-order chi connectivity index (χ0) is 12.4. The quantitative estimate of drug-likeness (QED) is 0.443. The van der Waals surface area contributed by atoms with Gasteiger partial charge in [0.2, 0.25) is 0 Å². The SMILES string of the molecule is C/C=C(\C=NC)c1cncc(C=O)c1.C=C. The average Bonchev–Trinajstić information content (AvgIpc) is 2.38. The second-order valence-electron chi connectivity index (χ2n) is 2.76. The lowest BCUT2D eigenvalue weighted by Gasteiger charge is -2.00. The van der Waals surface area contributed by atoms with Gasteiger partial charge in [0.05, 0.1) is 0 Å². The smallest absolute Gasteiger partial charge is 0.151 e. The highest BCUT2D eigenvalue weighted by Crippen LogP contribution is 2.11. The lowest BCUT2D eigenvalue weighted by atomic mass is 10.1. The van der Waals surface area contributed by atoms with E-state index >= 15 is 0 Å². The Morgan fingerprint density at radius 1 is 1.44 bits per heavy atom. The molecular formula is C13H16N2O. The Balaban J connectivity index is 0.00000106. The molecule has 0 atom stereocenters. The maximum atomic E-state index is 10.5. The van der Waals surface area contributed by atoms with E-state index in [9.17, 15) is 4.79 Å². The molecule has 1 rings (SSSR count). The normalized spacial score (nSPS) is 10.8. The van der Waals surface area contributed by atoms with Crippen LogP contribution in [0.4, 0.5) is 0 Å². The number of aliphatic imine (C=N–C) groups is 1. The van der Waals surface area contributed by atoms with E-state index in [1.54, 1.807) is 25.5 Å². The molecule has 16 heavy (non-hydrogen) atoms. The molecule has 3 heteroatoms. The summed E-state index contributed by atoms with van der Waals surface area (Å²) < 4.78 is 0. The fraction of sp³-hybridized carbons (Fsp3) is 0.154. The average molecular weight is 216 g/mol. The summed E-state index contributed by atoms with van der Waals surface area (Å²) in [5, 5.41) is 0. The summed E-state index contributed by atoms with van der Waals surface area (Å²) in [5.41, 5.74) is 2.44. The predicted molar refractivity (Wildman–Crippen MR) is 68.9 cm³/mol. The Morgan fingerprint density at radius 2 is 2.12 bits per heavy atom. The van der Waals surface area contributed by atoms with Crippen LogP contribution in [0.15, 0.2) is 42.7 Å². The van der Waals surface area contributed by atoms with E-state index in [4.69, 9.17) is 0 Å². The Morgan fingerprint density at radius 3 is 2.62 bits per heavy atom. The molecular weight excluding hydrogens is 200 g/mol. The molecule has 0 saturated heterocycles. The monoisotopic (exact) mass is 216 g/mol. The van der Waals surface area contributed by atoms with Crippen molar-refractivity contribution in [3.63, 3.8) is 0 Å². The molecule has 3 nitrogen and oxygen atoms in total. The molecule has 1 aromatic rings. The van der Waals surface area contributed by atoms with E-state index in [0.29, 0.717) is 5.56 Å². The second kappa shape index (κ2) is 8.29. The molecule has 0 spiro atoms. The molecule has 0 aromatic carbocycles. The maximum absolute atomic E-state index is 10.5. The number of hydrogen-bond acceptors (Lipinski definition) is 3. The van der Waals surface area contributed by atoms with Gasteiger partial charge in [-0.2, -0.15) is 0 Å². The van der Waals surface area contributed by atoms with E-state index in [-0.39, 0.29) is 0 Å². The van der Waals surface area contributed by atoms with Gasteiger partial charge in [-0.15, -0.1) is 13.2 Å². The van der Waals surface area contributed by atoms with Crippen LogP contribution < -0.4 is 0 Å². The van der Waals surface area contributed by atoms with Gasteiger partial charge in [-0.3, -0.25) is 14.8 Å². The number of carbonyl (C=O) groups is 1. The summed E-state index contributed by atoms with van der Waals surface area (Å²) in [6.45, 7) is 7.92. The standard InChI is InChI=1S/C11H12N2O.C2H4/c1-3-10(6-12-2)11-4-9(8-14)5-13-7-11;1-2/h3-8H,1-2H3;1-2H2/b10-3+,12-6?;. The third kappa shape index (κ3) is 4.00. The highest BCUT2D eigenvalue weighted by molar-refractivity contribution is 6.09. The van der Waals surface area contributed by atoms with Crippen molar-refractivity contribution in [3.05, 3.63) is 48.8 Å². The van der Waals surface area contributed by atoms with Crippen LogP contribution in [0.1, 0.15) is 22.8 Å². The third-order valence-electron chi connectivity index (χ3n) is 1.81. The minimum atomic E-state index is 0.575. The van der Waals surface area contributed by atoms with E-state index in [1.165, 1.54) is 6.20 Å². The number of carbonyl (C=O) groups excluding carboxylic acids is 1. The van der Waals surface area contributed by atoms with Crippen molar-refractivity contribution in [2.75, 3.05) is 7.05 Å². The van der Waals surface area contributed by atoms with Crippen LogP contribution in [0.25, 0.3) is 5.57 Å². The minimum absolute atomic E-state index is 0.575. The zero-order valence-corrected chi connectivity index (χ0v) is 9.68.